The van der Waals surface area contributed by atoms with Crippen LogP contribution in [0, 0.1) is 0 Å². The Balaban J connectivity index is 1.15. The molecule has 33 heavy (non-hydrogen) atoms. The van der Waals surface area contributed by atoms with Gasteiger partial charge in [0.15, 0.2) is 0 Å². The molecule has 0 spiro atoms. The second-order valence-electron chi connectivity index (χ2n) is 8.90. The molecular weight excluding hydrogens is 430 g/mol. The van der Waals surface area contributed by atoms with Crippen LogP contribution >= 0.6 is 0 Å². The van der Waals surface area contributed by atoms with Gasteiger partial charge in [-0.1, -0.05) is 48.5 Å². The summed E-state index contributed by atoms with van der Waals surface area (Å²) in [5.74, 6) is 0. The van der Waals surface area contributed by atoms with Crippen molar-refractivity contribution in [1.82, 2.24) is 4.90 Å². The molecule has 1 heterocycles. The van der Waals surface area contributed by atoms with Crippen molar-refractivity contribution >= 4 is 32.7 Å². The number of nitrogens with one attached hydrogen (secondary N) is 1. The molecule has 6 heteroatoms. The number of rotatable bonds is 10. The van der Waals surface area contributed by atoms with Gasteiger partial charge in [-0.25, -0.2) is 8.42 Å². The van der Waals surface area contributed by atoms with Gasteiger partial charge in [0.1, 0.15) is 0 Å². The molecule has 174 valence electrons. The summed E-state index contributed by atoms with van der Waals surface area (Å²) in [7, 11) is -3.25. The van der Waals surface area contributed by atoms with Crippen LogP contribution in [0.3, 0.4) is 0 Å². The highest BCUT2D eigenvalue weighted by Gasteiger charge is 2.16. The smallest absolute Gasteiger partial charge is 0.229 e. The van der Waals surface area contributed by atoms with Gasteiger partial charge < -0.3 is 0 Å². The highest BCUT2D eigenvalue weighted by atomic mass is 32.2. The largest absolute Gasteiger partial charge is 0.299 e. The van der Waals surface area contributed by atoms with E-state index < -0.39 is 10.0 Å². The lowest BCUT2D eigenvalue weighted by Crippen LogP contribution is -2.31. The lowest BCUT2D eigenvalue weighted by molar-refractivity contribution is 0.249. The van der Waals surface area contributed by atoms with Crippen LogP contribution in [-0.4, -0.2) is 45.4 Å². The van der Waals surface area contributed by atoms with E-state index in [1.54, 1.807) is 0 Å². The van der Waals surface area contributed by atoms with E-state index >= 15 is 0 Å². The second-order valence-corrected chi connectivity index (χ2v) is 10.6. The van der Waals surface area contributed by atoms with Crippen molar-refractivity contribution in [3.63, 3.8) is 0 Å². The molecule has 5 nitrogen and oxygen atoms in total. The fraction of sp³-hybridized carbons (Fsp3) is 0.370. The third kappa shape index (κ3) is 7.14. The van der Waals surface area contributed by atoms with E-state index in [0.717, 1.165) is 58.3 Å². The van der Waals surface area contributed by atoms with Crippen LogP contribution in [0.2, 0.25) is 0 Å². The molecule has 0 saturated carbocycles. The highest BCUT2D eigenvalue weighted by Crippen LogP contribution is 2.23. The number of aryl methyl sites for hydroxylation is 1. The minimum atomic E-state index is -3.25. The zero-order chi connectivity index (χ0) is 23.1. The Morgan fingerprint density at radius 1 is 1.00 bits per heavy atom. The van der Waals surface area contributed by atoms with E-state index in [2.05, 4.69) is 63.3 Å². The molecule has 3 aromatic rings. The van der Waals surface area contributed by atoms with E-state index in [1.165, 1.54) is 33.7 Å². The Morgan fingerprint density at radius 2 is 1.85 bits per heavy atom. The van der Waals surface area contributed by atoms with Crippen LogP contribution in [0.5, 0.6) is 0 Å². The number of nitrogens with zero attached hydrogens (tertiary/aromatic N) is 2. The summed E-state index contributed by atoms with van der Waals surface area (Å²) >= 11 is 0. The van der Waals surface area contributed by atoms with Gasteiger partial charge in [-0.15, -0.1) is 0 Å². The zero-order valence-corrected chi connectivity index (χ0v) is 20.2. The number of sulfonamides is 1. The van der Waals surface area contributed by atoms with Gasteiger partial charge in [-0.2, -0.15) is 0 Å². The Bertz CT molecular complexity index is 1220. The maximum Gasteiger partial charge on any atom is 0.229 e. The van der Waals surface area contributed by atoms with Crippen molar-refractivity contribution < 1.29 is 8.42 Å². The SMILES string of the molecule is CS(=O)(=O)Nc1ccc2c(c1)CN(CCCCN=CCCc1ccc3ccccc3c1)CC2. The number of anilines is 1. The molecule has 0 fully saturated rings. The number of unbranched alkanes of at least 4 members (excludes halogenated alkanes) is 1. The summed E-state index contributed by atoms with van der Waals surface area (Å²) in [6.07, 6.45) is 8.49. The molecule has 3 aromatic carbocycles. The van der Waals surface area contributed by atoms with Crippen LogP contribution < -0.4 is 4.72 Å². The number of hydrogen-bond donors (Lipinski definition) is 1. The van der Waals surface area contributed by atoms with Crippen molar-refractivity contribution in [1.29, 1.82) is 0 Å². The van der Waals surface area contributed by atoms with Crippen molar-refractivity contribution in [2.24, 2.45) is 4.99 Å². The normalized spacial score (nSPS) is 14.6. The summed E-state index contributed by atoms with van der Waals surface area (Å²) in [6, 6.07) is 21.0. The standard InChI is InChI=1S/C27H33N3O2S/c1-33(31,32)29-27-13-12-24-14-18-30(21-26(24)20-27)17-5-4-15-28-16-6-7-22-10-11-23-8-2-3-9-25(23)19-22/h2-3,8-13,16,19-20,29H,4-7,14-15,17-18,21H2,1H3. The van der Waals surface area contributed by atoms with Gasteiger partial charge >= 0.3 is 0 Å². The number of aliphatic imine (C=N–C) groups is 1. The topological polar surface area (TPSA) is 61.8 Å². The lowest BCUT2D eigenvalue weighted by atomic mass is 9.99. The molecule has 0 unspecified atom stereocenters. The predicted molar refractivity (Wildman–Crippen MR) is 139 cm³/mol. The average molecular weight is 464 g/mol. The highest BCUT2D eigenvalue weighted by molar-refractivity contribution is 7.92. The van der Waals surface area contributed by atoms with Crippen LogP contribution in [0.1, 0.15) is 36.0 Å². The molecule has 0 aliphatic carbocycles. The van der Waals surface area contributed by atoms with E-state index in [4.69, 9.17) is 0 Å². The zero-order valence-electron chi connectivity index (χ0n) is 19.3. The van der Waals surface area contributed by atoms with Gasteiger partial charge in [0.25, 0.3) is 0 Å². The summed E-state index contributed by atoms with van der Waals surface area (Å²) in [5, 5.41) is 2.59. The van der Waals surface area contributed by atoms with Gasteiger partial charge in [0.05, 0.1) is 6.26 Å². The van der Waals surface area contributed by atoms with Crippen molar-refractivity contribution in [2.45, 2.75) is 38.6 Å². The Labute approximate surface area is 197 Å². The molecule has 1 aliphatic heterocycles. The Morgan fingerprint density at radius 3 is 2.70 bits per heavy atom. The molecule has 0 radical (unpaired) electrons. The van der Waals surface area contributed by atoms with Crippen LogP contribution in [0.15, 0.2) is 65.7 Å². The molecule has 4 rings (SSSR count). The minimum absolute atomic E-state index is 0.649. The summed E-state index contributed by atoms with van der Waals surface area (Å²) in [4.78, 5) is 7.06. The first-order chi connectivity index (χ1) is 16.0. The maximum atomic E-state index is 11.5. The average Bonchev–Trinajstić information content (AvgIpc) is 2.79. The monoisotopic (exact) mass is 463 g/mol. The van der Waals surface area contributed by atoms with Crippen molar-refractivity contribution in [3.05, 3.63) is 77.4 Å². The first-order valence-corrected chi connectivity index (χ1v) is 13.6. The third-order valence-corrected chi connectivity index (χ3v) is 6.72. The summed E-state index contributed by atoms with van der Waals surface area (Å²) < 4.78 is 25.6. The molecule has 0 amide bonds. The fourth-order valence-electron chi connectivity index (χ4n) is 4.43. The molecule has 1 aliphatic rings. The van der Waals surface area contributed by atoms with Crippen molar-refractivity contribution in [2.75, 3.05) is 30.6 Å². The first kappa shape index (κ1) is 23.5. The van der Waals surface area contributed by atoms with E-state index in [-0.39, 0.29) is 0 Å². The molecule has 0 bridgehead atoms. The van der Waals surface area contributed by atoms with Gasteiger partial charge in [0.2, 0.25) is 10.0 Å². The molecule has 1 N–H and O–H groups in total. The maximum absolute atomic E-state index is 11.5. The molecular formula is C27H33N3O2S. The fourth-order valence-corrected chi connectivity index (χ4v) is 4.99. The van der Waals surface area contributed by atoms with E-state index in [1.807, 2.05) is 18.2 Å². The quantitative estimate of drug-likeness (QED) is 0.338. The van der Waals surface area contributed by atoms with E-state index in [0.29, 0.717) is 5.69 Å². The first-order valence-electron chi connectivity index (χ1n) is 11.7. The van der Waals surface area contributed by atoms with Crippen molar-refractivity contribution in [3.8, 4) is 0 Å². The predicted octanol–water partition coefficient (Wildman–Crippen LogP) is 5.05. The Hall–Kier alpha value is -2.70. The molecule has 0 atom stereocenters. The number of benzene rings is 3. The lowest BCUT2D eigenvalue weighted by Gasteiger charge is -2.29. The summed E-state index contributed by atoms with van der Waals surface area (Å²) in [5.41, 5.74) is 4.56. The van der Waals surface area contributed by atoms with Gasteiger partial charge in [0, 0.05) is 25.3 Å². The molecule has 0 aromatic heterocycles. The van der Waals surface area contributed by atoms with E-state index in [9.17, 15) is 8.42 Å². The number of fused-ring (bicyclic) bond motifs is 2. The second kappa shape index (κ2) is 10.9. The van der Waals surface area contributed by atoms with Gasteiger partial charge in [-0.05, 0) is 84.5 Å². The molecule has 0 saturated heterocycles. The summed E-state index contributed by atoms with van der Waals surface area (Å²) in [6.45, 7) is 3.87. The van der Waals surface area contributed by atoms with Crippen LogP contribution in [0.25, 0.3) is 10.8 Å². The Kier molecular flexibility index (Phi) is 7.78. The van der Waals surface area contributed by atoms with Gasteiger partial charge in [-0.3, -0.25) is 14.6 Å². The van der Waals surface area contributed by atoms with Crippen LogP contribution in [-0.2, 0) is 29.4 Å². The van der Waals surface area contributed by atoms with Crippen LogP contribution in [0.4, 0.5) is 5.69 Å². The third-order valence-electron chi connectivity index (χ3n) is 6.12. The minimum Gasteiger partial charge on any atom is -0.299 e. The number of hydrogen-bond acceptors (Lipinski definition) is 4.